The molecule has 3 rings (SSSR count). The second kappa shape index (κ2) is 6.94. The molecule has 0 atom stereocenters. The van der Waals surface area contributed by atoms with Crippen LogP contribution in [0, 0.1) is 0 Å². The van der Waals surface area contributed by atoms with E-state index in [2.05, 4.69) is 4.72 Å². The molecule has 0 unspecified atom stereocenters. The Morgan fingerprint density at radius 2 is 1.71 bits per heavy atom. The number of rotatable bonds is 5. The Morgan fingerprint density at radius 1 is 1.00 bits per heavy atom. The van der Waals surface area contributed by atoms with E-state index in [9.17, 15) is 17.2 Å². The van der Waals surface area contributed by atoms with Crippen LogP contribution in [0.3, 0.4) is 0 Å². The summed E-state index contributed by atoms with van der Waals surface area (Å²) in [7, 11) is -3.78. The largest absolute Gasteiger partial charge is 0.288 e. The highest BCUT2D eigenvalue weighted by Gasteiger charge is 2.23. The third kappa shape index (κ3) is 3.79. The Bertz CT molecular complexity index is 880. The van der Waals surface area contributed by atoms with Crippen molar-refractivity contribution in [2.45, 2.75) is 23.5 Å². The van der Waals surface area contributed by atoms with Gasteiger partial charge in [0.1, 0.15) is 0 Å². The molecular formula is C17H15F2NO2S2. The number of para-hydroxylation sites is 1. The molecule has 7 heteroatoms. The van der Waals surface area contributed by atoms with Gasteiger partial charge in [-0.1, -0.05) is 48.2 Å². The van der Waals surface area contributed by atoms with Gasteiger partial charge in [-0.05, 0) is 42.2 Å². The van der Waals surface area contributed by atoms with Gasteiger partial charge in [0.25, 0.3) is 15.8 Å². The van der Waals surface area contributed by atoms with Crippen LogP contribution in [0.4, 0.5) is 14.5 Å². The Hall–Kier alpha value is -1.86. The minimum Gasteiger partial charge on any atom is -0.279 e. The second-order valence-electron chi connectivity index (χ2n) is 5.29. The van der Waals surface area contributed by atoms with Gasteiger partial charge in [0, 0.05) is 4.90 Å². The number of alkyl halides is 2. The minimum atomic E-state index is -3.78. The number of allylic oxidation sites excluding steroid dienone is 1. The Morgan fingerprint density at radius 3 is 2.50 bits per heavy atom. The number of hydrogen-bond acceptors (Lipinski definition) is 3. The maximum Gasteiger partial charge on any atom is 0.288 e. The van der Waals surface area contributed by atoms with Crippen LogP contribution in [0.1, 0.15) is 17.5 Å². The predicted molar refractivity (Wildman–Crippen MR) is 93.6 cm³/mol. The lowest BCUT2D eigenvalue weighted by Crippen LogP contribution is -2.18. The third-order valence-electron chi connectivity index (χ3n) is 3.70. The normalized spacial score (nSPS) is 14.2. The number of hydrogen-bond donors (Lipinski definition) is 1. The lowest BCUT2D eigenvalue weighted by molar-refractivity contribution is 0.252. The monoisotopic (exact) mass is 367 g/mol. The minimum absolute atomic E-state index is 0.169. The first-order chi connectivity index (χ1) is 11.5. The molecule has 0 radical (unpaired) electrons. The standard InChI is InChI=1S/C17H15F2NO2S2/c18-17(19)23-16-8-4-3-7-15(16)20-24(21,22)14-10-9-12-5-1-2-6-13(12)11-14/h1-8,11,17,20H,9-10H2. The summed E-state index contributed by atoms with van der Waals surface area (Å²) in [6, 6.07) is 13.8. The highest BCUT2D eigenvalue weighted by molar-refractivity contribution is 8.00. The topological polar surface area (TPSA) is 46.2 Å². The molecule has 0 saturated carbocycles. The molecule has 1 N–H and O–H groups in total. The SMILES string of the molecule is O=S(=O)(Nc1ccccc1SC(F)F)C1=Cc2ccccc2CC1. The molecular weight excluding hydrogens is 352 g/mol. The molecule has 0 spiro atoms. The number of sulfonamides is 1. The summed E-state index contributed by atoms with van der Waals surface area (Å²) in [5.41, 5.74) is 2.15. The van der Waals surface area contributed by atoms with Crippen LogP contribution in [0.15, 0.2) is 58.3 Å². The first-order valence-electron chi connectivity index (χ1n) is 7.31. The first kappa shape index (κ1) is 17.0. The van der Waals surface area contributed by atoms with Crippen LogP contribution in [-0.4, -0.2) is 14.2 Å². The highest BCUT2D eigenvalue weighted by atomic mass is 32.2. The van der Waals surface area contributed by atoms with Gasteiger partial charge in [0.15, 0.2) is 0 Å². The van der Waals surface area contributed by atoms with Crippen LogP contribution in [0.5, 0.6) is 0 Å². The van der Waals surface area contributed by atoms with Crippen molar-refractivity contribution in [3.05, 3.63) is 64.6 Å². The average Bonchev–Trinajstić information content (AvgIpc) is 2.55. The maximum absolute atomic E-state index is 12.6. The van der Waals surface area contributed by atoms with Crippen LogP contribution in [0.2, 0.25) is 0 Å². The van der Waals surface area contributed by atoms with E-state index in [-0.39, 0.29) is 15.5 Å². The summed E-state index contributed by atoms with van der Waals surface area (Å²) in [6.45, 7) is 0. The number of halogens is 2. The molecule has 24 heavy (non-hydrogen) atoms. The number of aryl methyl sites for hydroxylation is 1. The Labute approximate surface area is 143 Å². The molecule has 0 aliphatic heterocycles. The third-order valence-corrected chi connectivity index (χ3v) is 5.99. The Balaban J connectivity index is 1.89. The smallest absolute Gasteiger partial charge is 0.279 e. The fraction of sp³-hybridized carbons (Fsp3) is 0.176. The molecule has 0 heterocycles. The van der Waals surface area contributed by atoms with Crippen molar-refractivity contribution < 1.29 is 17.2 Å². The molecule has 0 amide bonds. The average molecular weight is 367 g/mol. The predicted octanol–water partition coefficient (Wildman–Crippen LogP) is 4.73. The van der Waals surface area contributed by atoms with E-state index in [0.717, 1.165) is 11.1 Å². The van der Waals surface area contributed by atoms with Gasteiger partial charge >= 0.3 is 0 Å². The van der Waals surface area contributed by atoms with Gasteiger partial charge in [-0.15, -0.1) is 0 Å². The van der Waals surface area contributed by atoms with Crippen molar-refractivity contribution in [2.24, 2.45) is 0 Å². The molecule has 1 aliphatic rings. The molecule has 1 aliphatic carbocycles. The van der Waals surface area contributed by atoms with E-state index >= 15 is 0 Å². The summed E-state index contributed by atoms with van der Waals surface area (Å²) in [5, 5.41) is 0. The van der Waals surface area contributed by atoms with Crippen LogP contribution >= 0.6 is 11.8 Å². The summed E-state index contributed by atoms with van der Waals surface area (Å²) < 4.78 is 53.0. The van der Waals surface area contributed by atoms with E-state index in [1.807, 2.05) is 24.3 Å². The Kier molecular flexibility index (Phi) is 4.91. The van der Waals surface area contributed by atoms with E-state index in [4.69, 9.17) is 0 Å². The second-order valence-corrected chi connectivity index (χ2v) is 8.06. The van der Waals surface area contributed by atoms with E-state index in [1.54, 1.807) is 18.2 Å². The number of anilines is 1. The maximum atomic E-state index is 12.6. The van der Waals surface area contributed by atoms with Gasteiger partial charge in [-0.25, -0.2) is 8.42 Å². The zero-order valence-electron chi connectivity index (χ0n) is 12.6. The lowest BCUT2D eigenvalue weighted by Gasteiger charge is -2.18. The van der Waals surface area contributed by atoms with Crippen molar-refractivity contribution in [1.82, 2.24) is 0 Å². The van der Waals surface area contributed by atoms with Gasteiger partial charge in [0.2, 0.25) is 0 Å². The molecule has 0 bridgehead atoms. The van der Waals surface area contributed by atoms with Crippen molar-refractivity contribution in [2.75, 3.05) is 4.72 Å². The van der Waals surface area contributed by atoms with Gasteiger partial charge in [-0.3, -0.25) is 4.72 Å². The first-order valence-corrected chi connectivity index (χ1v) is 9.67. The molecule has 126 valence electrons. The molecule has 3 nitrogen and oxygen atoms in total. The number of benzene rings is 2. The van der Waals surface area contributed by atoms with Crippen LogP contribution in [-0.2, 0) is 16.4 Å². The van der Waals surface area contributed by atoms with E-state index in [1.165, 1.54) is 12.1 Å². The fourth-order valence-corrected chi connectivity index (χ4v) is 4.49. The quantitative estimate of drug-likeness (QED) is 0.777. The van der Waals surface area contributed by atoms with Gasteiger partial charge < -0.3 is 0 Å². The van der Waals surface area contributed by atoms with Crippen LogP contribution < -0.4 is 4.72 Å². The molecule has 0 aromatic heterocycles. The van der Waals surface area contributed by atoms with Crippen LogP contribution in [0.25, 0.3) is 6.08 Å². The van der Waals surface area contributed by atoms with Crippen molar-refractivity contribution >= 4 is 33.5 Å². The number of nitrogens with one attached hydrogen (secondary N) is 1. The number of fused-ring (bicyclic) bond motifs is 1. The van der Waals surface area contributed by atoms with Crippen molar-refractivity contribution in [3.8, 4) is 0 Å². The van der Waals surface area contributed by atoms with Crippen molar-refractivity contribution in [1.29, 1.82) is 0 Å². The van der Waals surface area contributed by atoms with Gasteiger partial charge in [-0.2, -0.15) is 8.78 Å². The molecule has 2 aromatic rings. The highest BCUT2D eigenvalue weighted by Crippen LogP contribution is 2.34. The lowest BCUT2D eigenvalue weighted by atomic mass is 9.98. The summed E-state index contributed by atoms with van der Waals surface area (Å²) >= 11 is 0.321. The molecule has 2 aromatic carbocycles. The van der Waals surface area contributed by atoms with E-state index < -0.39 is 15.8 Å². The zero-order chi connectivity index (χ0) is 17.2. The summed E-state index contributed by atoms with van der Waals surface area (Å²) in [4.78, 5) is 0.464. The summed E-state index contributed by atoms with van der Waals surface area (Å²) in [5.74, 6) is -2.61. The zero-order valence-corrected chi connectivity index (χ0v) is 14.2. The molecule has 0 saturated heterocycles. The van der Waals surface area contributed by atoms with Crippen molar-refractivity contribution in [3.63, 3.8) is 0 Å². The number of thioether (sulfide) groups is 1. The molecule has 0 fully saturated rings. The fourth-order valence-electron chi connectivity index (χ4n) is 2.58. The van der Waals surface area contributed by atoms with Gasteiger partial charge in [0.05, 0.1) is 10.6 Å². The summed E-state index contributed by atoms with van der Waals surface area (Å²) in [6.07, 6.45) is 2.66. The van der Waals surface area contributed by atoms with E-state index in [0.29, 0.717) is 24.6 Å².